The van der Waals surface area contributed by atoms with Crippen molar-refractivity contribution in [3.8, 4) is 11.5 Å². The molecule has 0 amide bonds. The smallest absolute Gasteiger partial charge is 0.123 e. The third-order valence-corrected chi connectivity index (χ3v) is 4.81. The van der Waals surface area contributed by atoms with Crippen LogP contribution >= 0.6 is 15.9 Å². The number of hydrogen-bond donors (Lipinski definition) is 0. The van der Waals surface area contributed by atoms with Crippen molar-refractivity contribution in [3.63, 3.8) is 0 Å². The van der Waals surface area contributed by atoms with E-state index in [1.54, 1.807) is 7.11 Å². The minimum absolute atomic E-state index is 0.104. The minimum atomic E-state index is -0.104. The van der Waals surface area contributed by atoms with Gasteiger partial charge in [-0.15, -0.1) is 0 Å². The molecule has 0 saturated heterocycles. The molecule has 21 heavy (non-hydrogen) atoms. The molecule has 0 aliphatic carbocycles. The van der Waals surface area contributed by atoms with Gasteiger partial charge in [-0.1, -0.05) is 46.3 Å². The molecule has 2 aromatic carbocycles. The Balaban J connectivity index is 1.95. The number of rotatable bonds is 3. The molecule has 0 radical (unpaired) electrons. The van der Waals surface area contributed by atoms with Gasteiger partial charge in [-0.2, -0.15) is 0 Å². The van der Waals surface area contributed by atoms with Crippen molar-refractivity contribution >= 4 is 15.9 Å². The summed E-state index contributed by atoms with van der Waals surface area (Å²) in [7, 11) is 1.71. The molecule has 0 saturated carbocycles. The molecule has 3 heteroatoms. The summed E-state index contributed by atoms with van der Waals surface area (Å²) in [4.78, 5) is 0.114. The standard InChI is InChI=1S/C18H19BrO2/c1-18(2)11-13-10-12(8-9-15(13)21-18)17(19)14-6-4-5-7-16(14)20-3/h4-10,17H,11H2,1-3H3. The van der Waals surface area contributed by atoms with Crippen molar-refractivity contribution < 1.29 is 9.47 Å². The Hall–Kier alpha value is -1.48. The van der Waals surface area contributed by atoms with Crippen LogP contribution in [-0.2, 0) is 6.42 Å². The van der Waals surface area contributed by atoms with Gasteiger partial charge in [0.15, 0.2) is 0 Å². The monoisotopic (exact) mass is 346 g/mol. The average Bonchev–Trinajstić information content (AvgIpc) is 2.79. The highest BCUT2D eigenvalue weighted by atomic mass is 79.9. The predicted octanol–water partition coefficient (Wildman–Crippen LogP) is 4.89. The fourth-order valence-corrected chi connectivity index (χ4v) is 3.51. The highest BCUT2D eigenvalue weighted by Crippen LogP contribution is 2.41. The van der Waals surface area contributed by atoms with Crippen LogP contribution in [0.5, 0.6) is 11.5 Å². The Morgan fingerprint density at radius 1 is 1.19 bits per heavy atom. The van der Waals surface area contributed by atoms with E-state index in [-0.39, 0.29) is 10.4 Å². The van der Waals surface area contributed by atoms with Crippen molar-refractivity contribution in [2.75, 3.05) is 7.11 Å². The summed E-state index contributed by atoms with van der Waals surface area (Å²) in [5, 5.41) is 0. The van der Waals surface area contributed by atoms with Gasteiger partial charge < -0.3 is 9.47 Å². The van der Waals surface area contributed by atoms with Gasteiger partial charge in [0.1, 0.15) is 17.1 Å². The molecule has 2 nitrogen and oxygen atoms in total. The van der Waals surface area contributed by atoms with Gasteiger partial charge in [0.25, 0.3) is 0 Å². The van der Waals surface area contributed by atoms with Crippen LogP contribution in [0.4, 0.5) is 0 Å². The van der Waals surface area contributed by atoms with Crippen LogP contribution in [0.2, 0.25) is 0 Å². The number of benzene rings is 2. The molecule has 0 aromatic heterocycles. The second-order valence-electron chi connectivity index (χ2n) is 6.01. The third kappa shape index (κ3) is 2.80. The first-order chi connectivity index (χ1) is 10.00. The van der Waals surface area contributed by atoms with Crippen molar-refractivity contribution in [1.82, 2.24) is 0 Å². The summed E-state index contributed by atoms with van der Waals surface area (Å²) in [6.07, 6.45) is 0.946. The van der Waals surface area contributed by atoms with Crippen LogP contribution in [0.3, 0.4) is 0 Å². The van der Waals surface area contributed by atoms with Gasteiger partial charge in [0, 0.05) is 12.0 Å². The Morgan fingerprint density at radius 3 is 2.71 bits per heavy atom. The summed E-state index contributed by atoms with van der Waals surface area (Å²) < 4.78 is 11.4. The maximum absolute atomic E-state index is 5.94. The molecule has 1 atom stereocenters. The molecule has 1 aliphatic heterocycles. The molecular formula is C18H19BrO2. The fraction of sp³-hybridized carbons (Fsp3) is 0.333. The minimum Gasteiger partial charge on any atom is -0.496 e. The van der Waals surface area contributed by atoms with Crippen LogP contribution < -0.4 is 9.47 Å². The van der Waals surface area contributed by atoms with E-state index < -0.39 is 0 Å². The molecule has 2 aromatic rings. The fourth-order valence-electron chi connectivity index (χ4n) is 2.84. The second-order valence-corrected chi connectivity index (χ2v) is 6.93. The van der Waals surface area contributed by atoms with E-state index in [0.717, 1.165) is 23.5 Å². The van der Waals surface area contributed by atoms with E-state index in [9.17, 15) is 0 Å². The molecule has 0 bridgehead atoms. The Labute approximate surface area is 134 Å². The highest BCUT2D eigenvalue weighted by molar-refractivity contribution is 9.09. The largest absolute Gasteiger partial charge is 0.496 e. The highest BCUT2D eigenvalue weighted by Gasteiger charge is 2.30. The summed E-state index contributed by atoms with van der Waals surface area (Å²) in [6.45, 7) is 4.25. The lowest BCUT2D eigenvalue weighted by Gasteiger charge is -2.16. The maximum Gasteiger partial charge on any atom is 0.123 e. The van der Waals surface area contributed by atoms with Crippen molar-refractivity contribution in [3.05, 3.63) is 59.2 Å². The molecule has 1 unspecified atom stereocenters. The van der Waals surface area contributed by atoms with E-state index in [4.69, 9.17) is 9.47 Å². The van der Waals surface area contributed by atoms with Gasteiger partial charge in [-0.3, -0.25) is 0 Å². The molecule has 1 heterocycles. The molecule has 3 rings (SSSR count). The topological polar surface area (TPSA) is 18.5 Å². The average molecular weight is 347 g/mol. The van der Waals surface area contributed by atoms with Gasteiger partial charge in [0.2, 0.25) is 0 Å². The third-order valence-electron chi connectivity index (χ3n) is 3.79. The van der Waals surface area contributed by atoms with Crippen molar-refractivity contribution in [1.29, 1.82) is 0 Å². The molecule has 0 spiro atoms. The lowest BCUT2D eigenvalue weighted by molar-refractivity contribution is 0.138. The molecule has 110 valence electrons. The van der Waals surface area contributed by atoms with E-state index in [1.807, 2.05) is 18.2 Å². The maximum atomic E-state index is 5.94. The van der Waals surface area contributed by atoms with Crippen LogP contribution in [0.1, 0.15) is 35.4 Å². The molecular weight excluding hydrogens is 328 g/mol. The van der Waals surface area contributed by atoms with Crippen LogP contribution in [0.25, 0.3) is 0 Å². The van der Waals surface area contributed by atoms with Gasteiger partial charge >= 0.3 is 0 Å². The number of hydrogen-bond acceptors (Lipinski definition) is 2. The lowest BCUT2D eigenvalue weighted by Crippen LogP contribution is -2.24. The van der Waals surface area contributed by atoms with Crippen LogP contribution in [-0.4, -0.2) is 12.7 Å². The lowest BCUT2D eigenvalue weighted by atomic mass is 9.97. The number of ether oxygens (including phenoxy) is 2. The number of fused-ring (bicyclic) bond motifs is 1. The second kappa shape index (κ2) is 5.38. The zero-order valence-corrected chi connectivity index (χ0v) is 14.1. The number of methoxy groups -OCH3 is 1. The Bertz CT molecular complexity index is 664. The first kappa shape index (κ1) is 14.5. The van der Waals surface area contributed by atoms with Crippen LogP contribution in [0, 0.1) is 0 Å². The molecule has 1 aliphatic rings. The predicted molar refractivity (Wildman–Crippen MR) is 88.6 cm³/mol. The quantitative estimate of drug-likeness (QED) is 0.736. The SMILES string of the molecule is COc1ccccc1C(Br)c1ccc2c(c1)CC(C)(C)O2. The van der Waals surface area contributed by atoms with Gasteiger partial charge in [-0.05, 0) is 37.1 Å². The van der Waals surface area contributed by atoms with E-state index >= 15 is 0 Å². The number of para-hydroxylation sites is 1. The molecule has 0 fully saturated rings. The Kier molecular flexibility index (Phi) is 3.70. The summed E-state index contributed by atoms with van der Waals surface area (Å²) in [6, 6.07) is 14.5. The van der Waals surface area contributed by atoms with E-state index in [1.165, 1.54) is 11.1 Å². The van der Waals surface area contributed by atoms with Crippen LogP contribution in [0.15, 0.2) is 42.5 Å². The zero-order chi connectivity index (χ0) is 15.0. The molecule has 0 N–H and O–H groups in total. The normalized spacial score (nSPS) is 17.0. The van der Waals surface area contributed by atoms with Crippen molar-refractivity contribution in [2.24, 2.45) is 0 Å². The summed E-state index contributed by atoms with van der Waals surface area (Å²) >= 11 is 3.80. The zero-order valence-electron chi connectivity index (χ0n) is 12.5. The van der Waals surface area contributed by atoms with Gasteiger partial charge in [-0.25, -0.2) is 0 Å². The summed E-state index contributed by atoms with van der Waals surface area (Å²) in [5.74, 6) is 1.90. The summed E-state index contributed by atoms with van der Waals surface area (Å²) in [5.41, 5.74) is 3.53. The number of halogens is 1. The number of alkyl halides is 1. The van der Waals surface area contributed by atoms with E-state index in [2.05, 4.69) is 54.0 Å². The van der Waals surface area contributed by atoms with E-state index in [0.29, 0.717) is 0 Å². The van der Waals surface area contributed by atoms with Crippen molar-refractivity contribution in [2.45, 2.75) is 30.7 Å². The Morgan fingerprint density at radius 2 is 1.95 bits per heavy atom. The first-order valence-electron chi connectivity index (χ1n) is 7.09. The first-order valence-corrected chi connectivity index (χ1v) is 8.00. The van der Waals surface area contributed by atoms with Gasteiger partial charge in [0.05, 0.1) is 11.9 Å².